The molecule has 6 nitrogen and oxygen atoms in total. The Morgan fingerprint density at radius 1 is 1.26 bits per heavy atom. The number of anilines is 1. The maximum atomic E-state index is 12.9. The molecule has 0 radical (unpaired) electrons. The number of aromatic nitrogens is 3. The van der Waals surface area contributed by atoms with Crippen LogP contribution < -0.4 is 10.7 Å². The number of H-pyrrole nitrogens is 2. The van der Waals surface area contributed by atoms with E-state index in [4.69, 9.17) is 0 Å². The van der Waals surface area contributed by atoms with Gasteiger partial charge in [0.2, 0.25) is 5.43 Å². The Morgan fingerprint density at radius 3 is 2.78 bits per heavy atom. The zero-order valence-electron chi connectivity index (χ0n) is 13.7. The first-order chi connectivity index (χ1) is 12.8. The first-order valence-electron chi connectivity index (χ1n) is 7.73. The van der Waals surface area contributed by atoms with Gasteiger partial charge in [-0.15, -0.1) is 0 Å². The molecule has 10 heteroatoms. The summed E-state index contributed by atoms with van der Waals surface area (Å²) in [6.45, 7) is 1.67. The van der Waals surface area contributed by atoms with Crippen LogP contribution in [0.2, 0.25) is 0 Å². The topological polar surface area (TPSA) is 90.6 Å². The molecular formula is C17H13F3N4O2S. The number of alkyl halides is 3. The highest BCUT2D eigenvalue weighted by molar-refractivity contribution is 7.12. The molecule has 0 unspecified atom stereocenters. The van der Waals surface area contributed by atoms with Gasteiger partial charge in [-0.05, 0) is 30.6 Å². The summed E-state index contributed by atoms with van der Waals surface area (Å²) in [5, 5.41) is 2.89. The van der Waals surface area contributed by atoms with Gasteiger partial charge in [-0.3, -0.25) is 9.59 Å². The summed E-state index contributed by atoms with van der Waals surface area (Å²) >= 11 is 1.12. The third-order valence-corrected chi connectivity index (χ3v) is 5.04. The Kier molecular flexibility index (Phi) is 3.81. The molecule has 3 N–H and O–H groups in total. The maximum absolute atomic E-state index is 12.9. The van der Waals surface area contributed by atoms with E-state index in [1.807, 2.05) is 0 Å². The number of fused-ring (bicyclic) bond motifs is 2. The van der Waals surface area contributed by atoms with Crippen LogP contribution in [0, 0.1) is 6.92 Å². The van der Waals surface area contributed by atoms with Gasteiger partial charge in [0.05, 0.1) is 16.6 Å². The Morgan fingerprint density at radius 2 is 2.04 bits per heavy atom. The number of nitrogens with zero attached hydrogens (tertiary/aromatic N) is 1. The van der Waals surface area contributed by atoms with Gasteiger partial charge in [0, 0.05) is 30.4 Å². The van der Waals surface area contributed by atoms with Gasteiger partial charge in [-0.1, -0.05) is 6.07 Å². The second-order valence-corrected chi connectivity index (χ2v) is 6.69. The first kappa shape index (κ1) is 17.3. The summed E-state index contributed by atoms with van der Waals surface area (Å²) in [5.74, 6) is -0.661. The molecule has 0 saturated carbocycles. The first-order valence-corrected chi connectivity index (χ1v) is 8.50. The quantitative estimate of drug-likeness (QED) is 0.474. The smallest absolute Gasteiger partial charge is 0.360 e. The molecule has 0 spiro atoms. The minimum atomic E-state index is -4.47. The zero-order chi connectivity index (χ0) is 19.3. The molecule has 1 amide bonds. The van der Waals surface area contributed by atoms with Gasteiger partial charge < -0.3 is 15.3 Å². The van der Waals surface area contributed by atoms with Crippen molar-refractivity contribution in [1.29, 1.82) is 0 Å². The highest BCUT2D eigenvalue weighted by atomic mass is 32.1. The SMILES string of the molecule is Cc1nsc2[nH]cc(C(=O)Nc3ccc4c(C(F)(F)F)c[nH]c4c3)c(=O)c12.[HH]. The molecular weight excluding hydrogens is 381 g/mol. The number of hydrogen-bond acceptors (Lipinski definition) is 4. The van der Waals surface area contributed by atoms with Crippen molar-refractivity contribution in [1.82, 2.24) is 14.3 Å². The van der Waals surface area contributed by atoms with Gasteiger partial charge in [0.25, 0.3) is 5.91 Å². The summed E-state index contributed by atoms with van der Waals surface area (Å²) < 4.78 is 42.9. The lowest BCUT2D eigenvalue weighted by atomic mass is 10.1. The Labute approximate surface area is 154 Å². The van der Waals surface area contributed by atoms with Crippen LogP contribution in [0.4, 0.5) is 18.9 Å². The van der Waals surface area contributed by atoms with Crippen LogP contribution in [-0.4, -0.2) is 20.2 Å². The van der Waals surface area contributed by atoms with Crippen LogP contribution >= 0.6 is 11.5 Å². The minimum Gasteiger partial charge on any atom is -0.360 e. The predicted octanol–water partition coefficient (Wildman–Crippen LogP) is 4.29. The number of pyridine rings is 1. The molecule has 0 aliphatic rings. The molecule has 0 bridgehead atoms. The van der Waals surface area contributed by atoms with Gasteiger partial charge in [-0.2, -0.15) is 17.5 Å². The molecule has 0 aliphatic heterocycles. The van der Waals surface area contributed by atoms with Gasteiger partial charge in [0.15, 0.2) is 0 Å². The minimum absolute atomic E-state index is 0. The lowest BCUT2D eigenvalue weighted by Gasteiger charge is -2.07. The molecule has 140 valence electrons. The molecule has 4 aromatic rings. The normalized spacial score (nSPS) is 12.0. The van der Waals surface area contributed by atoms with Gasteiger partial charge in [0.1, 0.15) is 10.4 Å². The molecule has 0 saturated heterocycles. The van der Waals surface area contributed by atoms with Crippen molar-refractivity contribution in [3.63, 3.8) is 0 Å². The van der Waals surface area contributed by atoms with E-state index in [0.717, 1.165) is 17.7 Å². The number of halogens is 3. The van der Waals surface area contributed by atoms with Crippen molar-refractivity contribution in [2.24, 2.45) is 0 Å². The summed E-state index contributed by atoms with van der Waals surface area (Å²) in [6, 6.07) is 4.00. The van der Waals surface area contributed by atoms with E-state index >= 15 is 0 Å². The van der Waals surface area contributed by atoms with Crippen LogP contribution in [0.25, 0.3) is 21.1 Å². The lowest BCUT2D eigenvalue weighted by Crippen LogP contribution is -2.21. The molecule has 3 aromatic heterocycles. The van der Waals surface area contributed by atoms with E-state index in [0.29, 0.717) is 15.9 Å². The zero-order valence-corrected chi connectivity index (χ0v) is 14.5. The largest absolute Gasteiger partial charge is 0.418 e. The third-order valence-electron chi connectivity index (χ3n) is 4.17. The molecule has 0 fully saturated rings. The third kappa shape index (κ3) is 2.87. The molecule has 0 atom stereocenters. The summed E-state index contributed by atoms with van der Waals surface area (Å²) in [6.07, 6.45) is -2.30. The number of nitrogens with one attached hydrogen (secondary N) is 3. The van der Waals surface area contributed by atoms with Crippen LogP contribution in [0.15, 0.2) is 35.4 Å². The van der Waals surface area contributed by atoms with E-state index in [1.165, 1.54) is 24.4 Å². The predicted molar refractivity (Wildman–Crippen MR) is 98.3 cm³/mol. The van der Waals surface area contributed by atoms with Crippen LogP contribution in [0.1, 0.15) is 23.0 Å². The van der Waals surface area contributed by atoms with Crippen molar-refractivity contribution in [3.05, 3.63) is 57.6 Å². The number of carbonyl (C=O) groups is 1. The van der Waals surface area contributed by atoms with E-state index in [1.54, 1.807) is 6.92 Å². The van der Waals surface area contributed by atoms with Gasteiger partial charge in [-0.25, -0.2) is 0 Å². The number of aryl methyl sites for hydroxylation is 1. The van der Waals surface area contributed by atoms with Crippen LogP contribution in [0.5, 0.6) is 0 Å². The fraction of sp³-hybridized carbons (Fsp3) is 0.118. The molecule has 0 aliphatic carbocycles. The highest BCUT2D eigenvalue weighted by Crippen LogP contribution is 2.35. The Bertz CT molecular complexity index is 1260. The summed E-state index contributed by atoms with van der Waals surface area (Å²) in [4.78, 5) is 31.0. The monoisotopic (exact) mass is 394 g/mol. The number of rotatable bonds is 2. The second-order valence-electron chi connectivity index (χ2n) is 5.92. The van der Waals surface area contributed by atoms with Gasteiger partial charge >= 0.3 is 6.18 Å². The van der Waals surface area contributed by atoms with Crippen molar-refractivity contribution in [2.45, 2.75) is 13.1 Å². The molecule has 4 rings (SSSR count). The average Bonchev–Trinajstić information content (AvgIpc) is 3.18. The highest BCUT2D eigenvalue weighted by Gasteiger charge is 2.33. The molecule has 27 heavy (non-hydrogen) atoms. The second kappa shape index (κ2) is 5.95. The van der Waals surface area contributed by atoms with E-state index in [2.05, 4.69) is 19.7 Å². The number of aromatic amines is 2. The van der Waals surface area contributed by atoms with Crippen molar-refractivity contribution in [3.8, 4) is 0 Å². The Hall–Kier alpha value is -3.14. The van der Waals surface area contributed by atoms with Crippen molar-refractivity contribution < 1.29 is 19.4 Å². The maximum Gasteiger partial charge on any atom is 0.418 e. The average molecular weight is 394 g/mol. The van der Waals surface area contributed by atoms with Crippen LogP contribution in [-0.2, 0) is 6.18 Å². The van der Waals surface area contributed by atoms with E-state index < -0.39 is 23.1 Å². The van der Waals surface area contributed by atoms with Crippen molar-refractivity contribution in [2.75, 3.05) is 5.32 Å². The van der Waals surface area contributed by atoms with Crippen molar-refractivity contribution >= 4 is 44.2 Å². The standard InChI is InChI=1S/C17H11F3N4O2S.H2/c1-7-13-14(25)10(5-22-16(13)27-24-7)15(26)23-8-2-3-9-11(17(18,19)20)6-21-12(9)4-8;/h2-6,21H,1H3,(H,22,25)(H,23,26);1H. The number of hydrogen-bond donors (Lipinski definition) is 3. The summed E-state index contributed by atoms with van der Waals surface area (Å²) in [5.41, 5.74) is -0.317. The van der Waals surface area contributed by atoms with E-state index in [-0.39, 0.29) is 23.6 Å². The molecule has 1 aromatic carbocycles. The Balaban J connectivity index is 0.00000225. The number of amides is 1. The van der Waals surface area contributed by atoms with Crippen LogP contribution in [0.3, 0.4) is 0 Å². The molecule has 3 heterocycles. The fourth-order valence-electron chi connectivity index (χ4n) is 2.88. The number of benzene rings is 1. The van der Waals surface area contributed by atoms with E-state index in [9.17, 15) is 22.8 Å². The number of carbonyl (C=O) groups excluding carboxylic acids is 1. The lowest BCUT2D eigenvalue weighted by molar-refractivity contribution is -0.136. The summed E-state index contributed by atoms with van der Waals surface area (Å²) in [7, 11) is 0. The fourth-order valence-corrected chi connectivity index (χ4v) is 3.64.